The van der Waals surface area contributed by atoms with E-state index in [1.54, 1.807) is 0 Å². The SMILES string of the molecule is C[C@@H]1CC[C@H](NC[C@H]2CCCO2)C[C@@H]1C. The lowest BCUT2D eigenvalue weighted by atomic mass is 9.79. The molecule has 2 nitrogen and oxygen atoms in total. The Labute approximate surface area is 93.8 Å². The molecule has 1 aliphatic carbocycles. The third-order valence-electron chi connectivity index (χ3n) is 4.26. The zero-order valence-corrected chi connectivity index (χ0v) is 10.2. The van der Waals surface area contributed by atoms with Crippen LogP contribution in [0.1, 0.15) is 46.0 Å². The molecule has 0 amide bonds. The van der Waals surface area contributed by atoms with Crippen molar-refractivity contribution in [3.63, 3.8) is 0 Å². The van der Waals surface area contributed by atoms with E-state index in [1.165, 1.54) is 32.1 Å². The Morgan fingerprint density at radius 1 is 1.13 bits per heavy atom. The van der Waals surface area contributed by atoms with Crippen molar-refractivity contribution in [2.75, 3.05) is 13.2 Å². The average molecular weight is 211 g/mol. The van der Waals surface area contributed by atoms with Crippen molar-refractivity contribution < 1.29 is 4.74 Å². The Hall–Kier alpha value is -0.0800. The molecule has 1 aliphatic heterocycles. The van der Waals surface area contributed by atoms with Gasteiger partial charge in [0.05, 0.1) is 6.10 Å². The van der Waals surface area contributed by atoms with Crippen molar-refractivity contribution in [3.8, 4) is 0 Å². The molecule has 0 bridgehead atoms. The van der Waals surface area contributed by atoms with Crippen LogP contribution in [0.25, 0.3) is 0 Å². The molecule has 2 heteroatoms. The minimum Gasteiger partial charge on any atom is -0.377 e. The monoisotopic (exact) mass is 211 g/mol. The Balaban J connectivity index is 1.66. The number of nitrogens with one attached hydrogen (secondary N) is 1. The lowest BCUT2D eigenvalue weighted by Crippen LogP contribution is -2.39. The third kappa shape index (κ3) is 3.18. The zero-order chi connectivity index (χ0) is 10.7. The molecule has 1 N–H and O–H groups in total. The molecule has 1 heterocycles. The summed E-state index contributed by atoms with van der Waals surface area (Å²) in [6.07, 6.45) is 7.12. The van der Waals surface area contributed by atoms with Gasteiger partial charge in [-0.15, -0.1) is 0 Å². The first kappa shape index (κ1) is 11.4. The van der Waals surface area contributed by atoms with Gasteiger partial charge in [0.15, 0.2) is 0 Å². The normalized spacial score (nSPS) is 42.0. The van der Waals surface area contributed by atoms with Gasteiger partial charge in [0.25, 0.3) is 0 Å². The van der Waals surface area contributed by atoms with E-state index in [4.69, 9.17) is 4.74 Å². The molecule has 2 aliphatic rings. The van der Waals surface area contributed by atoms with Gasteiger partial charge in [0.1, 0.15) is 0 Å². The first-order chi connectivity index (χ1) is 7.25. The van der Waals surface area contributed by atoms with E-state index >= 15 is 0 Å². The second kappa shape index (κ2) is 5.31. The zero-order valence-electron chi connectivity index (χ0n) is 10.2. The van der Waals surface area contributed by atoms with Crippen LogP contribution < -0.4 is 5.32 Å². The number of hydrogen-bond acceptors (Lipinski definition) is 2. The van der Waals surface area contributed by atoms with Crippen LogP contribution in [0.2, 0.25) is 0 Å². The van der Waals surface area contributed by atoms with Crippen molar-refractivity contribution >= 4 is 0 Å². The number of ether oxygens (including phenoxy) is 1. The maximum absolute atomic E-state index is 5.63. The molecule has 88 valence electrons. The standard InChI is InChI=1S/C13H25NO/c1-10-5-6-12(8-11(10)2)14-9-13-4-3-7-15-13/h10-14H,3-9H2,1-2H3/t10-,11+,12+,13-/m1/s1. The van der Waals surface area contributed by atoms with Crippen molar-refractivity contribution in [1.82, 2.24) is 5.32 Å². The molecule has 15 heavy (non-hydrogen) atoms. The van der Waals surface area contributed by atoms with Gasteiger partial charge in [-0.3, -0.25) is 0 Å². The van der Waals surface area contributed by atoms with Crippen LogP contribution >= 0.6 is 0 Å². The highest BCUT2D eigenvalue weighted by Crippen LogP contribution is 2.29. The van der Waals surface area contributed by atoms with Crippen molar-refractivity contribution in [2.24, 2.45) is 11.8 Å². The van der Waals surface area contributed by atoms with E-state index < -0.39 is 0 Å². The summed E-state index contributed by atoms with van der Waals surface area (Å²) in [6, 6.07) is 0.750. The molecule has 0 aromatic carbocycles. The van der Waals surface area contributed by atoms with E-state index in [9.17, 15) is 0 Å². The second-order valence-electron chi connectivity index (χ2n) is 5.51. The van der Waals surface area contributed by atoms with Crippen LogP contribution in [0, 0.1) is 11.8 Å². The van der Waals surface area contributed by atoms with E-state index in [0.717, 1.165) is 31.0 Å². The Kier molecular flexibility index (Phi) is 4.04. The van der Waals surface area contributed by atoms with Gasteiger partial charge in [0, 0.05) is 19.2 Å². The Morgan fingerprint density at radius 2 is 2.00 bits per heavy atom. The average Bonchev–Trinajstić information content (AvgIpc) is 2.73. The lowest BCUT2D eigenvalue weighted by Gasteiger charge is -2.33. The first-order valence-corrected chi connectivity index (χ1v) is 6.60. The molecule has 0 aromatic heterocycles. The summed E-state index contributed by atoms with van der Waals surface area (Å²) in [6.45, 7) is 6.84. The topological polar surface area (TPSA) is 21.3 Å². The van der Waals surface area contributed by atoms with Gasteiger partial charge in [-0.05, 0) is 43.9 Å². The van der Waals surface area contributed by atoms with Gasteiger partial charge >= 0.3 is 0 Å². The fourth-order valence-electron chi connectivity index (χ4n) is 2.84. The number of hydrogen-bond donors (Lipinski definition) is 1. The molecule has 0 radical (unpaired) electrons. The van der Waals surface area contributed by atoms with E-state index in [0.29, 0.717) is 6.10 Å². The molecule has 0 unspecified atom stereocenters. The van der Waals surface area contributed by atoms with E-state index in [2.05, 4.69) is 19.2 Å². The maximum atomic E-state index is 5.63. The maximum Gasteiger partial charge on any atom is 0.0700 e. The fraction of sp³-hybridized carbons (Fsp3) is 1.00. The quantitative estimate of drug-likeness (QED) is 0.774. The summed E-state index contributed by atoms with van der Waals surface area (Å²) in [7, 11) is 0. The Bertz CT molecular complexity index is 189. The van der Waals surface area contributed by atoms with Crippen LogP contribution in [0.5, 0.6) is 0 Å². The van der Waals surface area contributed by atoms with Crippen LogP contribution in [0.4, 0.5) is 0 Å². The largest absolute Gasteiger partial charge is 0.377 e. The van der Waals surface area contributed by atoms with Gasteiger partial charge in [-0.1, -0.05) is 13.8 Å². The molecule has 2 rings (SSSR count). The summed E-state index contributed by atoms with van der Waals surface area (Å²) in [5.41, 5.74) is 0. The highest BCUT2D eigenvalue weighted by Gasteiger charge is 2.25. The summed E-state index contributed by atoms with van der Waals surface area (Å²) in [5, 5.41) is 3.69. The van der Waals surface area contributed by atoms with E-state index in [1.807, 2.05) is 0 Å². The lowest BCUT2D eigenvalue weighted by molar-refractivity contribution is 0.102. The minimum absolute atomic E-state index is 0.500. The molecule has 0 aromatic rings. The van der Waals surface area contributed by atoms with Gasteiger partial charge < -0.3 is 10.1 Å². The predicted molar refractivity (Wildman–Crippen MR) is 62.9 cm³/mol. The molecule has 4 atom stereocenters. The van der Waals surface area contributed by atoms with Crippen LogP contribution in [-0.2, 0) is 4.74 Å². The van der Waals surface area contributed by atoms with Crippen molar-refractivity contribution in [1.29, 1.82) is 0 Å². The minimum atomic E-state index is 0.500. The highest BCUT2D eigenvalue weighted by atomic mass is 16.5. The first-order valence-electron chi connectivity index (χ1n) is 6.60. The van der Waals surface area contributed by atoms with Gasteiger partial charge in [-0.2, -0.15) is 0 Å². The summed E-state index contributed by atoms with van der Waals surface area (Å²) >= 11 is 0. The molecular weight excluding hydrogens is 186 g/mol. The van der Waals surface area contributed by atoms with Crippen LogP contribution in [0.15, 0.2) is 0 Å². The van der Waals surface area contributed by atoms with Gasteiger partial charge in [0.2, 0.25) is 0 Å². The van der Waals surface area contributed by atoms with E-state index in [-0.39, 0.29) is 0 Å². The molecule has 1 saturated heterocycles. The summed E-state index contributed by atoms with van der Waals surface area (Å²) in [4.78, 5) is 0. The molecule has 1 saturated carbocycles. The van der Waals surface area contributed by atoms with Crippen molar-refractivity contribution in [3.05, 3.63) is 0 Å². The molecule has 2 fully saturated rings. The molecular formula is C13H25NO. The summed E-state index contributed by atoms with van der Waals surface area (Å²) < 4.78 is 5.63. The third-order valence-corrected chi connectivity index (χ3v) is 4.26. The second-order valence-corrected chi connectivity index (χ2v) is 5.51. The Morgan fingerprint density at radius 3 is 2.67 bits per heavy atom. The molecule has 0 spiro atoms. The van der Waals surface area contributed by atoms with Crippen LogP contribution in [-0.4, -0.2) is 25.3 Å². The van der Waals surface area contributed by atoms with Crippen LogP contribution in [0.3, 0.4) is 0 Å². The highest BCUT2D eigenvalue weighted by molar-refractivity contribution is 4.81. The van der Waals surface area contributed by atoms with Crippen molar-refractivity contribution in [2.45, 2.75) is 58.1 Å². The number of rotatable bonds is 3. The summed E-state index contributed by atoms with van der Waals surface area (Å²) in [5.74, 6) is 1.81. The van der Waals surface area contributed by atoms with Gasteiger partial charge in [-0.25, -0.2) is 0 Å². The fourth-order valence-corrected chi connectivity index (χ4v) is 2.84. The smallest absolute Gasteiger partial charge is 0.0700 e. The predicted octanol–water partition coefficient (Wildman–Crippen LogP) is 2.58.